The average Bonchev–Trinajstić information content (AvgIpc) is 3.13. The fourth-order valence-corrected chi connectivity index (χ4v) is 6.04. The zero-order valence-electron chi connectivity index (χ0n) is 24.1. The molecule has 0 amide bonds. The maximum absolute atomic E-state index is 4.40. The molecule has 0 aromatic heterocycles. The molecule has 0 saturated carbocycles. The second-order valence-electron chi connectivity index (χ2n) is 11.1. The van der Waals surface area contributed by atoms with Crippen LogP contribution in [0.2, 0.25) is 0 Å². The SMILES string of the molecule is C=C1/C=C\C=C/N(c2ccccc2)C2C=C(c3cccc(-c4cccc(-c5cccc(-c6ccccc6)c5)c4)c3)C=C1C2. The van der Waals surface area contributed by atoms with Crippen molar-refractivity contribution >= 4 is 11.3 Å². The summed E-state index contributed by atoms with van der Waals surface area (Å²) in [6.07, 6.45) is 14.1. The predicted molar refractivity (Wildman–Crippen MR) is 184 cm³/mol. The fraction of sp³-hybridized carbons (Fsp3) is 0.0476. The summed E-state index contributed by atoms with van der Waals surface area (Å²) in [6.45, 7) is 4.40. The van der Waals surface area contributed by atoms with Crippen molar-refractivity contribution in [3.05, 3.63) is 193 Å². The van der Waals surface area contributed by atoms with E-state index in [4.69, 9.17) is 0 Å². The summed E-state index contributed by atoms with van der Waals surface area (Å²) in [5, 5.41) is 0. The van der Waals surface area contributed by atoms with E-state index in [9.17, 15) is 0 Å². The lowest BCUT2D eigenvalue weighted by atomic mass is 9.87. The summed E-state index contributed by atoms with van der Waals surface area (Å²) in [5.41, 5.74) is 13.3. The van der Waals surface area contributed by atoms with E-state index in [1.807, 2.05) is 0 Å². The number of hydrogen-bond donors (Lipinski definition) is 0. The molecule has 1 heterocycles. The number of nitrogens with zero attached hydrogens (tertiary/aromatic N) is 1. The van der Waals surface area contributed by atoms with Crippen LogP contribution in [0.3, 0.4) is 0 Å². The molecule has 0 saturated heterocycles. The summed E-state index contributed by atoms with van der Waals surface area (Å²) in [5.74, 6) is 0. The lowest BCUT2D eigenvalue weighted by molar-refractivity contribution is 0.762. The minimum Gasteiger partial charge on any atom is -0.341 e. The lowest BCUT2D eigenvalue weighted by Gasteiger charge is -2.32. The van der Waals surface area contributed by atoms with E-state index in [1.54, 1.807) is 0 Å². The quantitative estimate of drug-likeness (QED) is 0.210. The second-order valence-corrected chi connectivity index (χ2v) is 11.1. The van der Waals surface area contributed by atoms with Gasteiger partial charge in [-0.25, -0.2) is 0 Å². The van der Waals surface area contributed by atoms with Crippen molar-refractivity contribution in [1.29, 1.82) is 0 Å². The monoisotopic (exact) mass is 551 g/mol. The topological polar surface area (TPSA) is 3.24 Å². The Morgan fingerprint density at radius 3 is 1.67 bits per heavy atom. The lowest BCUT2D eigenvalue weighted by Crippen LogP contribution is -2.31. The Labute approximate surface area is 254 Å². The highest BCUT2D eigenvalue weighted by Crippen LogP contribution is 2.36. The van der Waals surface area contributed by atoms with Gasteiger partial charge in [-0.2, -0.15) is 0 Å². The molecule has 7 rings (SSSR count). The molecule has 1 aliphatic carbocycles. The van der Waals surface area contributed by atoms with Crippen LogP contribution < -0.4 is 4.90 Å². The molecular weight excluding hydrogens is 518 g/mol. The third-order valence-corrected chi connectivity index (χ3v) is 8.30. The summed E-state index contributed by atoms with van der Waals surface area (Å²) in [7, 11) is 0. The van der Waals surface area contributed by atoms with Crippen molar-refractivity contribution < 1.29 is 0 Å². The molecule has 43 heavy (non-hydrogen) atoms. The van der Waals surface area contributed by atoms with E-state index in [1.165, 1.54) is 55.8 Å². The van der Waals surface area contributed by atoms with E-state index < -0.39 is 0 Å². The van der Waals surface area contributed by atoms with Crippen molar-refractivity contribution in [1.82, 2.24) is 0 Å². The Hall–Kier alpha value is -5.40. The van der Waals surface area contributed by atoms with Crippen LogP contribution in [-0.2, 0) is 0 Å². The van der Waals surface area contributed by atoms with Gasteiger partial charge in [0.05, 0.1) is 6.04 Å². The summed E-state index contributed by atoms with van der Waals surface area (Å²) >= 11 is 0. The molecule has 0 spiro atoms. The molecule has 1 atom stereocenters. The number of para-hydroxylation sites is 1. The van der Waals surface area contributed by atoms with E-state index in [-0.39, 0.29) is 6.04 Å². The Morgan fingerprint density at radius 1 is 0.535 bits per heavy atom. The number of fused-ring (bicyclic) bond motifs is 2. The predicted octanol–water partition coefficient (Wildman–Crippen LogP) is 10.9. The van der Waals surface area contributed by atoms with Gasteiger partial charge in [0.15, 0.2) is 0 Å². The number of rotatable bonds is 5. The molecule has 0 N–H and O–H groups in total. The number of anilines is 1. The van der Waals surface area contributed by atoms with Gasteiger partial charge in [-0.3, -0.25) is 0 Å². The molecule has 1 unspecified atom stereocenters. The first-order chi connectivity index (χ1) is 21.2. The molecule has 5 aromatic carbocycles. The van der Waals surface area contributed by atoms with Gasteiger partial charge in [0.2, 0.25) is 0 Å². The third kappa shape index (κ3) is 5.71. The molecule has 0 fully saturated rings. The zero-order valence-corrected chi connectivity index (χ0v) is 24.1. The fourth-order valence-electron chi connectivity index (χ4n) is 6.04. The van der Waals surface area contributed by atoms with Gasteiger partial charge in [-0.1, -0.05) is 134 Å². The van der Waals surface area contributed by atoms with Gasteiger partial charge >= 0.3 is 0 Å². The maximum atomic E-state index is 4.40. The minimum atomic E-state index is 0.189. The number of benzene rings is 5. The van der Waals surface area contributed by atoms with Crippen LogP contribution >= 0.6 is 0 Å². The second kappa shape index (κ2) is 11.8. The highest BCUT2D eigenvalue weighted by Gasteiger charge is 2.23. The standard InChI is InChI=1S/C42H33N/c1-31-13-8-9-24-43(41-22-6-3-7-23-41)42-29-39(31)28-40(30-42)38-21-12-20-37(27-38)36-19-11-18-35(26-36)34-17-10-16-33(25-34)32-14-4-2-5-15-32/h2-28,30,42H,1,29H2/b13-8-,24-9-. The van der Waals surface area contributed by atoms with Crippen molar-refractivity contribution in [2.75, 3.05) is 4.90 Å². The van der Waals surface area contributed by atoms with Gasteiger partial charge in [0.1, 0.15) is 0 Å². The van der Waals surface area contributed by atoms with Crippen molar-refractivity contribution in [2.45, 2.75) is 12.5 Å². The number of hydrogen-bond acceptors (Lipinski definition) is 1. The highest BCUT2D eigenvalue weighted by molar-refractivity contribution is 5.83. The zero-order chi connectivity index (χ0) is 29.0. The normalized spacial score (nSPS) is 17.6. The molecule has 2 bridgehead atoms. The van der Waals surface area contributed by atoms with E-state index in [0.717, 1.165) is 12.0 Å². The molecule has 1 heteroatoms. The molecular formula is C42H33N. The summed E-state index contributed by atoms with van der Waals surface area (Å²) in [4.78, 5) is 2.37. The molecule has 2 aliphatic rings. The Bertz CT molecular complexity index is 1900. The van der Waals surface area contributed by atoms with Crippen molar-refractivity contribution in [3.8, 4) is 33.4 Å². The van der Waals surface area contributed by atoms with Crippen molar-refractivity contribution in [3.63, 3.8) is 0 Å². The molecule has 0 radical (unpaired) electrons. The first kappa shape index (κ1) is 26.5. The Morgan fingerprint density at radius 2 is 1.05 bits per heavy atom. The van der Waals surface area contributed by atoms with Crippen LogP contribution in [0.25, 0.3) is 39.0 Å². The molecule has 1 aliphatic heterocycles. The smallest absolute Gasteiger partial charge is 0.0565 e. The Kier molecular flexibility index (Phi) is 7.29. The van der Waals surface area contributed by atoms with Crippen LogP contribution in [0.4, 0.5) is 5.69 Å². The average molecular weight is 552 g/mol. The van der Waals surface area contributed by atoms with Gasteiger partial charge in [-0.15, -0.1) is 0 Å². The maximum Gasteiger partial charge on any atom is 0.0565 e. The van der Waals surface area contributed by atoms with Gasteiger partial charge < -0.3 is 4.90 Å². The van der Waals surface area contributed by atoms with Crippen LogP contribution in [-0.4, -0.2) is 6.04 Å². The largest absolute Gasteiger partial charge is 0.341 e. The Balaban J connectivity index is 1.24. The van der Waals surface area contributed by atoms with Gasteiger partial charge in [0.25, 0.3) is 0 Å². The van der Waals surface area contributed by atoms with Crippen LogP contribution in [0.5, 0.6) is 0 Å². The van der Waals surface area contributed by atoms with Crippen LogP contribution in [0, 0.1) is 0 Å². The van der Waals surface area contributed by atoms with Crippen molar-refractivity contribution in [2.24, 2.45) is 0 Å². The third-order valence-electron chi connectivity index (χ3n) is 8.30. The number of allylic oxidation sites excluding steroid dienone is 6. The molecule has 1 nitrogen and oxygen atoms in total. The first-order valence-corrected chi connectivity index (χ1v) is 14.9. The summed E-state index contributed by atoms with van der Waals surface area (Å²) < 4.78 is 0. The molecule has 5 aromatic rings. The van der Waals surface area contributed by atoms with E-state index in [0.29, 0.717) is 0 Å². The van der Waals surface area contributed by atoms with E-state index in [2.05, 4.69) is 182 Å². The first-order valence-electron chi connectivity index (χ1n) is 14.9. The van der Waals surface area contributed by atoms with Gasteiger partial charge in [-0.05, 0) is 98.5 Å². The summed E-state index contributed by atoms with van der Waals surface area (Å²) in [6, 6.07) is 48.0. The van der Waals surface area contributed by atoms with Crippen LogP contribution in [0.1, 0.15) is 12.0 Å². The van der Waals surface area contributed by atoms with Gasteiger partial charge in [0, 0.05) is 11.9 Å². The van der Waals surface area contributed by atoms with Crippen LogP contribution in [0.15, 0.2) is 188 Å². The minimum absolute atomic E-state index is 0.189. The molecule has 206 valence electrons. The highest BCUT2D eigenvalue weighted by atomic mass is 15.1. The van der Waals surface area contributed by atoms with E-state index >= 15 is 0 Å².